The molecule has 0 aliphatic heterocycles. The van der Waals surface area contributed by atoms with E-state index in [1.807, 2.05) is 55.8 Å². The van der Waals surface area contributed by atoms with Crippen LogP contribution in [0, 0.1) is 5.92 Å². The maximum Gasteiger partial charge on any atom is 0.251 e. The Balaban J connectivity index is 1.66. The van der Waals surface area contributed by atoms with E-state index in [1.54, 1.807) is 31.4 Å². The summed E-state index contributed by atoms with van der Waals surface area (Å²) in [4.78, 5) is 25.0. The van der Waals surface area contributed by atoms with Crippen LogP contribution >= 0.6 is 11.8 Å². The maximum absolute atomic E-state index is 12.8. The fraction of sp³-hybridized carbons (Fsp3) is 0.304. The summed E-state index contributed by atoms with van der Waals surface area (Å²) >= 11 is 1.29. The lowest BCUT2D eigenvalue weighted by Crippen LogP contribution is -2.33. The number of para-hydroxylation sites is 1. The van der Waals surface area contributed by atoms with Gasteiger partial charge < -0.3 is 19.9 Å². The van der Waals surface area contributed by atoms with Crippen molar-refractivity contribution in [3.8, 4) is 5.75 Å². The first-order valence-electron chi connectivity index (χ1n) is 10.2. The lowest BCUT2D eigenvalue weighted by atomic mass is 10.0. The molecule has 3 aromatic rings. The number of amides is 2. The van der Waals surface area contributed by atoms with Gasteiger partial charge >= 0.3 is 0 Å². The molecule has 0 fully saturated rings. The summed E-state index contributed by atoms with van der Waals surface area (Å²) in [5, 5.41) is 15.0. The number of rotatable bonds is 9. The van der Waals surface area contributed by atoms with E-state index in [4.69, 9.17) is 4.74 Å². The molecule has 2 aromatic carbocycles. The van der Waals surface area contributed by atoms with Crippen molar-refractivity contribution in [2.24, 2.45) is 13.0 Å². The van der Waals surface area contributed by atoms with Crippen LogP contribution in [0.15, 0.2) is 59.8 Å². The summed E-state index contributed by atoms with van der Waals surface area (Å²) < 4.78 is 6.96. The molecule has 0 saturated carbocycles. The largest absolute Gasteiger partial charge is 0.497 e. The Bertz CT molecular complexity index is 1050. The van der Waals surface area contributed by atoms with Crippen LogP contribution in [0.2, 0.25) is 0 Å². The first-order chi connectivity index (χ1) is 15.4. The minimum Gasteiger partial charge on any atom is -0.497 e. The number of carbonyl (C=O) groups is 2. The summed E-state index contributed by atoms with van der Waals surface area (Å²) in [5.41, 5.74) is 1.28. The standard InChI is InChI=1S/C23H27N5O3S/c1-15(2)20(25-22(30)16-10-12-18(31-4)13-11-16)21-26-27-23(28(21)3)32-14-19(29)24-17-8-6-5-7-9-17/h5-13,15,20H,14H2,1-4H3,(H,24,29)(H,25,30)/t20-/m1/s1. The predicted molar refractivity (Wildman–Crippen MR) is 125 cm³/mol. The fourth-order valence-corrected chi connectivity index (χ4v) is 3.79. The number of ether oxygens (including phenoxy) is 1. The van der Waals surface area contributed by atoms with E-state index in [9.17, 15) is 9.59 Å². The van der Waals surface area contributed by atoms with Crippen molar-refractivity contribution >= 4 is 29.3 Å². The second-order valence-electron chi connectivity index (χ2n) is 7.53. The lowest BCUT2D eigenvalue weighted by Gasteiger charge is -2.21. The number of nitrogens with zero attached hydrogens (tertiary/aromatic N) is 3. The average Bonchev–Trinajstić information content (AvgIpc) is 3.16. The number of thioether (sulfide) groups is 1. The van der Waals surface area contributed by atoms with Crippen molar-refractivity contribution < 1.29 is 14.3 Å². The predicted octanol–water partition coefficient (Wildman–Crippen LogP) is 3.68. The number of hydrogen-bond acceptors (Lipinski definition) is 6. The van der Waals surface area contributed by atoms with E-state index >= 15 is 0 Å². The summed E-state index contributed by atoms with van der Waals surface area (Å²) in [7, 11) is 3.42. The van der Waals surface area contributed by atoms with Gasteiger partial charge in [0, 0.05) is 18.3 Å². The summed E-state index contributed by atoms with van der Waals surface area (Å²) in [6, 6.07) is 15.9. The SMILES string of the molecule is COc1ccc(C(=O)N[C@@H](c2nnc(SCC(=O)Nc3ccccc3)n2C)C(C)C)cc1. The highest BCUT2D eigenvalue weighted by atomic mass is 32.2. The number of methoxy groups -OCH3 is 1. The van der Waals surface area contributed by atoms with Gasteiger partial charge in [-0.05, 0) is 42.3 Å². The minimum absolute atomic E-state index is 0.0827. The van der Waals surface area contributed by atoms with Crippen molar-refractivity contribution in [1.82, 2.24) is 20.1 Å². The van der Waals surface area contributed by atoms with E-state index < -0.39 is 0 Å². The second kappa shape index (κ2) is 10.8. The molecule has 1 atom stereocenters. The molecule has 0 bridgehead atoms. The highest BCUT2D eigenvalue weighted by molar-refractivity contribution is 7.99. The van der Waals surface area contributed by atoms with Gasteiger partial charge in [0.05, 0.1) is 18.9 Å². The maximum atomic E-state index is 12.8. The van der Waals surface area contributed by atoms with E-state index in [0.717, 1.165) is 5.69 Å². The molecule has 0 saturated heterocycles. The molecule has 0 unspecified atom stereocenters. The van der Waals surface area contributed by atoms with Crippen LogP contribution in [0.1, 0.15) is 36.1 Å². The fourth-order valence-electron chi connectivity index (χ4n) is 3.07. The minimum atomic E-state index is -0.338. The summed E-state index contributed by atoms with van der Waals surface area (Å²) in [5.74, 6) is 1.27. The van der Waals surface area contributed by atoms with Crippen LogP contribution in [0.4, 0.5) is 5.69 Å². The topological polar surface area (TPSA) is 98.1 Å². The third-order valence-corrected chi connectivity index (χ3v) is 5.86. The Morgan fingerprint density at radius 2 is 1.75 bits per heavy atom. The Morgan fingerprint density at radius 3 is 2.38 bits per heavy atom. The van der Waals surface area contributed by atoms with E-state index in [2.05, 4.69) is 20.8 Å². The molecule has 0 aliphatic rings. The Morgan fingerprint density at radius 1 is 1.06 bits per heavy atom. The molecule has 168 valence electrons. The smallest absolute Gasteiger partial charge is 0.251 e. The molecule has 9 heteroatoms. The average molecular weight is 454 g/mol. The van der Waals surface area contributed by atoms with E-state index in [1.165, 1.54) is 11.8 Å². The van der Waals surface area contributed by atoms with Gasteiger partial charge in [0.1, 0.15) is 5.75 Å². The van der Waals surface area contributed by atoms with Crippen molar-refractivity contribution in [3.63, 3.8) is 0 Å². The van der Waals surface area contributed by atoms with Gasteiger partial charge in [-0.2, -0.15) is 0 Å². The molecular formula is C23H27N5O3S. The molecule has 8 nitrogen and oxygen atoms in total. The van der Waals surface area contributed by atoms with Gasteiger partial charge in [0.25, 0.3) is 5.91 Å². The molecule has 0 spiro atoms. The van der Waals surface area contributed by atoms with Gasteiger partial charge in [-0.3, -0.25) is 9.59 Å². The van der Waals surface area contributed by atoms with Gasteiger partial charge in [0.15, 0.2) is 11.0 Å². The zero-order valence-corrected chi connectivity index (χ0v) is 19.3. The Hall–Kier alpha value is -3.33. The monoisotopic (exact) mass is 453 g/mol. The van der Waals surface area contributed by atoms with Gasteiger partial charge in [-0.25, -0.2) is 0 Å². The number of hydrogen-bond donors (Lipinski definition) is 2. The molecule has 2 N–H and O–H groups in total. The number of benzene rings is 2. The number of aromatic nitrogens is 3. The molecule has 1 heterocycles. The van der Waals surface area contributed by atoms with Crippen molar-refractivity contribution in [1.29, 1.82) is 0 Å². The molecule has 32 heavy (non-hydrogen) atoms. The third kappa shape index (κ3) is 5.88. The number of nitrogens with one attached hydrogen (secondary N) is 2. The quantitative estimate of drug-likeness (QED) is 0.480. The molecule has 2 amide bonds. The van der Waals surface area contributed by atoms with Gasteiger partial charge in [0.2, 0.25) is 5.91 Å². The first-order valence-corrected chi connectivity index (χ1v) is 11.2. The Kier molecular flexibility index (Phi) is 7.88. The molecule has 0 aliphatic carbocycles. The summed E-state index contributed by atoms with van der Waals surface area (Å²) in [6.45, 7) is 4.02. The number of carbonyl (C=O) groups excluding carboxylic acids is 2. The zero-order chi connectivity index (χ0) is 23.1. The van der Waals surface area contributed by atoms with Crippen LogP contribution in [-0.2, 0) is 11.8 Å². The van der Waals surface area contributed by atoms with Crippen molar-refractivity contribution in [3.05, 3.63) is 66.0 Å². The van der Waals surface area contributed by atoms with E-state index in [0.29, 0.717) is 22.3 Å². The lowest BCUT2D eigenvalue weighted by molar-refractivity contribution is -0.113. The van der Waals surface area contributed by atoms with Crippen molar-refractivity contribution in [2.45, 2.75) is 25.0 Å². The molecule has 1 aromatic heterocycles. The second-order valence-corrected chi connectivity index (χ2v) is 8.47. The zero-order valence-electron chi connectivity index (χ0n) is 18.5. The van der Waals surface area contributed by atoms with Crippen molar-refractivity contribution in [2.75, 3.05) is 18.2 Å². The van der Waals surface area contributed by atoms with Gasteiger partial charge in [-0.15, -0.1) is 10.2 Å². The van der Waals surface area contributed by atoms with E-state index in [-0.39, 0.29) is 29.5 Å². The number of anilines is 1. The molecular weight excluding hydrogens is 426 g/mol. The van der Waals surface area contributed by atoms with Crippen LogP contribution in [0.3, 0.4) is 0 Å². The highest BCUT2D eigenvalue weighted by Gasteiger charge is 2.25. The van der Waals surface area contributed by atoms with Crippen LogP contribution in [0.25, 0.3) is 0 Å². The van der Waals surface area contributed by atoms with Crippen LogP contribution < -0.4 is 15.4 Å². The molecule has 0 radical (unpaired) electrons. The first kappa shape index (κ1) is 23.3. The third-order valence-electron chi connectivity index (χ3n) is 4.84. The highest BCUT2D eigenvalue weighted by Crippen LogP contribution is 2.25. The van der Waals surface area contributed by atoms with Crippen LogP contribution in [-0.4, -0.2) is 39.4 Å². The summed E-state index contributed by atoms with van der Waals surface area (Å²) in [6.07, 6.45) is 0. The normalized spacial score (nSPS) is 11.8. The Labute approximate surface area is 191 Å². The van der Waals surface area contributed by atoms with Gasteiger partial charge in [-0.1, -0.05) is 43.8 Å². The molecule has 3 rings (SSSR count). The van der Waals surface area contributed by atoms with Crippen LogP contribution in [0.5, 0.6) is 5.75 Å².